The average molecular weight is 311 g/mol. The van der Waals surface area contributed by atoms with Gasteiger partial charge in [-0.2, -0.15) is 0 Å². The summed E-state index contributed by atoms with van der Waals surface area (Å²) in [5.74, 6) is 0.113. The van der Waals surface area contributed by atoms with Gasteiger partial charge < -0.3 is 5.32 Å². The fourth-order valence-corrected chi connectivity index (χ4v) is 4.99. The molecule has 1 saturated heterocycles. The third kappa shape index (κ3) is 3.11. The molecule has 1 aliphatic rings. The minimum atomic E-state index is -3.34. The number of nitrogens with one attached hydrogen (secondary N) is 2. The quantitative estimate of drug-likeness (QED) is 0.907. The summed E-state index contributed by atoms with van der Waals surface area (Å²) in [7, 11) is -3.34. The number of aryl methyl sites for hydroxylation is 1. The first-order valence-electron chi connectivity index (χ1n) is 6.63. The van der Waals surface area contributed by atoms with Gasteiger partial charge in [-0.25, -0.2) is 13.4 Å². The van der Waals surface area contributed by atoms with Gasteiger partial charge in [-0.15, -0.1) is 0 Å². The van der Waals surface area contributed by atoms with Crippen molar-refractivity contribution in [3.63, 3.8) is 0 Å². The topological polar surface area (TPSA) is 71.1 Å². The smallest absolute Gasteiger partial charge is 0.236 e. The second kappa shape index (κ2) is 5.31. The Bertz CT molecular complexity index is 718. The zero-order valence-electron chi connectivity index (χ0n) is 11.2. The number of hydrogen-bond donors (Lipinski definition) is 2. The first kappa shape index (κ1) is 13.8. The van der Waals surface area contributed by atoms with Crippen LogP contribution >= 0.6 is 11.3 Å². The lowest BCUT2D eigenvalue weighted by atomic mass is 10.2. The zero-order chi connectivity index (χ0) is 14.2. The van der Waals surface area contributed by atoms with E-state index in [-0.39, 0.29) is 11.8 Å². The Morgan fingerprint density at radius 3 is 3.10 bits per heavy atom. The number of benzene rings is 1. The van der Waals surface area contributed by atoms with Gasteiger partial charge >= 0.3 is 0 Å². The van der Waals surface area contributed by atoms with E-state index in [9.17, 15) is 8.42 Å². The van der Waals surface area contributed by atoms with Gasteiger partial charge in [-0.05, 0) is 44.0 Å². The minimum Gasteiger partial charge on any atom is -0.313 e. The molecule has 5 nitrogen and oxygen atoms in total. The molecule has 20 heavy (non-hydrogen) atoms. The number of sulfonamides is 1. The summed E-state index contributed by atoms with van der Waals surface area (Å²) in [5.41, 5.74) is 1.98. The molecule has 2 N–H and O–H groups in total. The highest BCUT2D eigenvalue weighted by Crippen LogP contribution is 2.27. The zero-order valence-corrected chi connectivity index (χ0v) is 12.9. The van der Waals surface area contributed by atoms with E-state index in [2.05, 4.69) is 15.0 Å². The van der Waals surface area contributed by atoms with Gasteiger partial charge in [0, 0.05) is 6.04 Å². The van der Waals surface area contributed by atoms with Gasteiger partial charge in [0.05, 0.1) is 16.0 Å². The predicted octanol–water partition coefficient (Wildman–Crippen LogP) is 2.10. The SMILES string of the molecule is Cc1ccc2nc(NS(=O)(=O)CC3CCCN3)sc2c1. The summed E-state index contributed by atoms with van der Waals surface area (Å²) in [6.45, 7) is 2.91. The van der Waals surface area contributed by atoms with Gasteiger partial charge in [0.2, 0.25) is 10.0 Å². The van der Waals surface area contributed by atoms with E-state index in [0.29, 0.717) is 5.13 Å². The van der Waals surface area contributed by atoms with E-state index in [1.54, 1.807) is 0 Å². The summed E-state index contributed by atoms with van der Waals surface area (Å²) in [6.07, 6.45) is 1.96. The first-order valence-corrected chi connectivity index (χ1v) is 9.10. The minimum absolute atomic E-state index is 0.0594. The van der Waals surface area contributed by atoms with Gasteiger partial charge in [-0.3, -0.25) is 4.72 Å². The standard InChI is InChI=1S/C13H17N3O2S2/c1-9-4-5-11-12(7-9)19-13(15-11)16-20(17,18)8-10-3-2-6-14-10/h4-5,7,10,14H,2-3,6,8H2,1H3,(H,15,16). The van der Waals surface area contributed by atoms with Crippen LogP contribution in [0, 0.1) is 6.92 Å². The molecule has 3 rings (SSSR count). The van der Waals surface area contributed by atoms with Crippen LogP contribution in [0.4, 0.5) is 5.13 Å². The number of fused-ring (bicyclic) bond motifs is 1. The number of rotatable bonds is 4. The van der Waals surface area contributed by atoms with Crippen molar-refractivity contribution >= 4 is 36.7 Å². The molecule has 2 heterocycles. The highest BCUT2D eigenvalue weighted by molar-refractivity contribution is 7.92. The van der Waals surface area contributed by atoms with E-state index in [1.807, 2.05) is 25.1 Å². The summed E-state index contributed by atoms with van der Waals surface area (Å²) < 4.78 is 27.8. The van der Waals surface area contributed by atoms with Crippen molar-refractivity contribution in [2.45, 2.75) is 25.8 Å². The lowest BCUT2D eigenvalue weighted by Crippen LogP contribution is -2.32. The van der Waals surface area contributed by atoms with Crippen LogP contribution < -0.4 is 10.0 Å². The molecule has 1 aliphatic heterocycles. The average Bonchev–Trinajstić information content (AvgIpc) is 2.96. The monoisotopic (exact) mass is 311 g/mol. The van der Waals surface area contributed by atoms with Crippen LogP contribution in [0.25, 0.3) is 10.2 Å². The second-order valence-corrected chi connectivity index (χ2v) is 7.96. The van der Waals surface area contributed by atoms with Crippen molar-refractivity contribution < 1.29 is 8.42 Å². The highest BCUT2D eigenvalue weighted by Gasteiger charge is 2.22. The molecule has 1 atom stereocenters. The van der Waals surface area contributed by atoms with Crippen LogP contribution in [0.2, 0.25) is 0 Å². The van der Waals surface area contributed by atoms with E-state index in [0.717, 1.165) is 35.2 Å². The molecular formula is C13H17N3O2S2. The summed E-state index contributed by atoms with van der Waals surface area (Å²) in [4.78, 5) is 4.32. The lowest BCUT2D eigenvalue weighted by molar-refractivity contribution is 0.582. The van der Waals surface area contributed by atoms with Crippen molar-refractivity contribution in [1.82, 2.24) is 10.3 Å². The number of thiazole rings is 1. The molecule has 1 fully saturated rings. The molecule has 1 aromatic heterocycles. The van der Waals surface area contributed by atoms with Crippen LogP contribution in [-0.2, 0) is 10.0 Å². The molecule has 0 saturated carbocycles. The predicted molar refractivity (Wildman–Crippen MR) is 82.8 cm³/mol. The van der Waals surface area contributed by atoms with Crippen LogP contribution in [0.1, 0.15) is 18.4 Å². The fraction of sp³-hybridized carbons (Fsp3) is 0.462. The number of aromatic nitrogens is 1. The molecule has 0 amide bonds. The maximum absolute atomic E-state index is 12.1. The second-order valence-electron chi connectivity index (χ2n) is 5.17. The third-order valence-electron chi connectivity index (χ3n) is 3.37. The Labute approximate surface area is 122 Å². The maximum atomic E-state index is 12.1. The third-order valence-corrected chi connectivity index (χ3v) is 5.78. The fourth-order valence-electron chi connectivity index (χ4n) is 2.41. The van der Waals surface area contributed by atoms with Crippen molar-refractivity contribution in [3.05, 3.63) is 23.8 Å². The van der Waals surface area contributed by atoms with Gasteiger partial charge in [0.15, 0.2) is 5.13 Å². The van der Waals surface area contributed by atoms with E-state index in [4.69, 9.17) is 0 Å². The lowest BCUT2D eigenvalue weighted by Gasteiger charge is -2.10. The van der Waals surface area contributed by atoms with E-state index < -0.39 is 10.0 Å². The normalized spacial score (nSPS) is 19.6. The molecule has 1 aromatic carbocycles. The number of anilines is 1. The van der Waals surface area contributed by atoms with Crippen molar-refractivity contribution in [2.24, 2.45) is 0 Å². The summed E-state index contributed by atoms with van der Waals surface area (Å²) in [6, 6.07) is 5.97. The van der Waals surface area contributed by atoms with Gasteiger partial charge in [0.25, 0.3) is 0 Å². The molecule has 2 aromatic rings. The Morgan fingerprint density at radius 1 is 1.50 bits per heavy atom. The van der Waals surface area contributed by atoms with Crippen LogP contribution in [0.15, 0.2) is 18.2 Å². The molecule has 0 aliphatic carbocycles. The summed E-state index contributed by atoms with van der Waals surface area (Å²) >= 11 is 1.37. The summed E-state index contributed by atoms with van der Waals surface area (Å²) in [5, 5.41) is 3.64. The Balaban J connectivity index is 1.77. The molecule has 1 unspecified atom stereocenters. The van der Waals surface area contributed by atoms with Crippen LogP contribution in [0.5, 0.6) is 0 Å². The van der Waals surface area contributed by atoms with E-state index >= 15 is 0 Å². The maximum Gasteiger partial charge on any atom is 0.236 e. The Morgan fingerprint density at radius 2 is 2.35 bits per heavy atom. The van der Waals surface area contributed by atoms with Crippen LogP contribution in [-0.4, -0.2) is 31.7 Å². The Kier molecular flexibility index (Phi) is 3.66. The largest absolute Gasteiger partial charge is 0.313 e. The highest BCUT2D eigenvalue weighted by atomic mass is 32.2. The molecular weight excluding hydrogens is 294 g/mol. The molecule has 0 spiro atoms. The first-order chi connectivity index (χ1) is 9.52. The van der Waals surface area contributed by atoms with Crippen LogP contribution in [0.3, 0.4) is 0 Å². The molecule has 0 bridgehead atoms. The van der Waals surface area contributed by atoms with Crippen molar-refractivity contribution in [3.8, 4) is 0 Å². The number of nitrogens with zero attached hydrogens (tertiary/aromatic N) is 1. The molecule has 0 radical (unpaired) electrons. The molecule has 7 heteroatoms. The number of hydrogen-bond acceptors (Lipinski definition) is 5. The molecule has 108 valence electrons. The van der Waals surface area contributed by atoms with Gasteiger partial charge in [-0.1, -0.05) is 17.4 Å². The Hall–Kier alpha value is -1.18. The van der Waals surface area contributed by atoms with E-state index in [1.165, 1.54) is 11.3 Å². The van der Waals surface area contributed by atoms with Crippen molar-refractivity contribution in [2.75, 3.05) is 17.0 Å². The van der Waals surface area contributed by atoms with Crippen molar-refractivity contribution in [1.29, 1.82) is 0 Å². The van der Waals surface area contributed by atoms with Gasteiger partial charge in [0.1, 0.15) is 0 Å².